The number of halogens is 8. The number of benzene rings is 1. The van der Waals surface area contributed by atoms with Gasteiger partial charge in [0, 0.05) is 22.0 Å². The number of rotatable bonds is 5. The van der Waals surface area contributed by atoms with Crippen LogP contribution < -0.4 is 10.7 Å². The third-order valence-electron chi connectivity index (χ3n) is 4.98. The van der Waals surface area contributed by atoms with Crippen molar-refractivity contribution in [2.45, 2.75) is 44.2 Å². The minimum atomic E-state index is -6.66. The van der Waals surface area contributed by atoms with Crippen molar-refractivity contribution in [3.05, 3.63) is 51.4 Å². The van der Waals surface area contributed by atoms with Gasteiger partial charge in [-0.2, -0.15) is 35.8 Å². The SMILES string of the molecule is Cc1c(C(=O)Nc2ccccc2Br)oc2c1/C(=N/NC(=O)C(F)(F)C(F)(F)C(F)(F)F)CCC2. The number of para-hydroxylation sites is 1. The lowest BCUT2D eigenvalue weighted by molar-refractivity contribution is -0.344. The number of hydrogen-bond donors (Lipinski definition) is 2. The van der Waals surface area contributed by atoms with Gasteiger partial charge in [-0.1, -0.05) is 12.1 Å². The van der Waals surface area contributed by atoms with Crippen molar-refractivity contribution in [3.8, 4) is 0 Å². The highest BCUT2D eigenvalue weighted by molar-refractivity contribution is 9.10. The summed E-state index contributed by atoms with van der Waals surface area (Å²) in [6.07, 6.45) is -5.96. The van der Waals surface area contributed by atoms with E-state index in [1.807, 2.05) is 0 Å². The molecule has 3 rings (SSSR count). The summed E-state index contributed by atoms with van der Waals surface area (Å²) in [4.78, 5) is 24.2. The van der Waals surface area contributed by atoms with Crippen LogP contribution in [0.5, 0.6) is 0 Å². The molecular weight excluding hydrogens is 543 g/mol. The molecule has 2 amide bonds. The highest BCUT2D eigenvalue weighted by atomic mass is 79.9. The molecule has 1 aliphatic carbocycles. The zero-order valence-corrected chi connectivity index (χ0v) is 18.7. The molecule has 0 atom stereocenters. The van der Waals surface area contributed by atoms with Crippen LogP contribution in [0.1, 0.15) is 40.3 Å². The van der Waals surface area contributed by atoms with E-state index >= 15 is 0 Å². The molecule has 184 valence electrons. The topological polar surface area (TPSA) is 83.7 Å². The second-order valence-electron chi connectivity index (χ2n) is 7.29. The van der Waals surface area contributed by atoms with E-state index in [9.17, 15) is 40.3 Å². The number of anilines is 1. The van der Waals surface area contributed by atoms with Crippen LogP contribution in [0.2, 0.25) is 0 Å². The average molecular weight is 558 g/mol. The van der Waals surface area contributed by atoms with Crippen molar-refractivity contribution in [1.82, 2.24) is 5.43 Å². The Balaban J connectivity index is 1.86. The molecule has 14 heteroatoms. The first-order valence-electron chi connectivity index (χ1n) is 9.56. The molecule has 2 aromatic rings. The van der Waals surface area contributed by atoms with Gasteiger partial charge in [0.2, 0.25) is 0 Å². The maximum Gasteiger partial charge on any atom is 0.460 e. The molecule has 0 saturated heterocycles. The minimum absolute atomic E-state index is 0.0557. The molecule has 1 aliphatic rings. The molecule has 0 bridgehead atoms. The van der Waals surface area contributed by atoms with Crippen LogP contribution in [0.25, 0.3) is 0 Å². The lowest BCUT2D eigenvalue weighted by Crippen LogP contribution is -2.58. The van der Waals surface area contributed by atoms with Gasteiger partial charge in [0.1, 0.15) is 5.76 Å². The van der Waals surface area contributed by atoms with Gasteiger partial charge in [0.05, 0.1) is 11.4 Å². The Kier molecular flexibility index (Phi) is 6.84. The van der Waals surface area contributed by atoms with Gasteiger partial charge in [-0.3, -0.25) is 9.59 Å². The van der Waals surface area contributed by atoms with Crippen molar-refractivity contribution in [2.75, 3.05) is 5.32 Å². The molecule has 0 radical (unpaired) electrons. The van der Waals surface area contributed by atoms with E-state index < -0.39 is 29.8 Å². The van der Waals surface area contributed by atoms with Crippen LogP contribution in [-0.2, 0) is 11.2 Å². The molecule has 0 unspecified atom stereocenters. The largest absolute Gasteiger partial charge is 0.460 e. The predicted molar refractivity (Wildman–Crippen MR) is 109 cm³/mol. The van der Waals surface area contributed by atoms with E-state index in [1.54, 1.807) is 24.3 Å². The van der Waals surface area contributed by atoms with Gasteiger partial charge in [-0.15, -0.1) is 0 Å². The van der Waals surface area contributed by atoms with Crippen LogP contribution in [0.15, 0.2) is 38.3 Å². The van der Waals surface area contributed by atoms with Crippen LogP contribution in [-0.4, -0.2) is 35.5 Å². The Morgan fingerprint density at radius 2 is 1.71 bits per heavy atom. The van der Waals surface area contributed by atoms with Crippen LogP contribution in [0.3, 0.4) is 0 Å². The lowest BCUT2D eigenvalue weighted by Gasteiger charge is -2.26. The van der Waals surface area contributed by atoms with E-state index in [1.165, 1.54) is 6.92 Å². The molecular formula is C20H15BrF7N3O3. The van der Waals surface area contributed by atoms with E-state index in [4.69, 9.17) is 4.42 Å². The van der Waals surface area contributed by atoms with Crippen molar-refractivity contribution in [1.29, 1.82) is 0 Å². The van der Waals surface area contributed by atoms with E-state index in [2.05, 4.69) is 26.3 Å². The molecule has 6 nitrogen and oxygen atoms in total. The second-order valence-corrected chi connectivity index (χ2v) is 8.14. The van der Waals surface area contributed by atoms with Gasteiger partial charge < -0.3 is 9.73 Å². The van der Waals surface area contributed by atoms with Crippen molar-refractivity contribution >= 4 is 39.1 Å². The number of carbonyl (C=O) groups is 2. The highest BCUT2D eigenvalue weighted by Crippen LogP contribution is 2.46. The number of nitrogens with zero attached hydrogens (tertiary/aromatic N) is 1. The van der Waals surface area contributed by atoms with Gasteiger partial charge in [0.15, 0.2) is 5.76 Å². The van der Waals surface area contributed by atoms with Crippen molar-refractivity contribution in [3.63, 3.8) is 0 Å². The van der Waals surface area contributed by atoms with Gasteiger partial charge >= 0.3 is 23.9 Å². The molecule has 0 fully saturated rings. The van der Waals surface area contributed by atoms with E-state index in [-0.39, 0.29) is 34.8 Å². The molecule has 0 aliphatic heterocycles. The number of nitrogens with one attached hydrogen (secondary N) is 2. The summed E-state index contributed by atoms with van der Waals surface area (Å²) in [7, 11) is 0. The predicted octanol–water partition coefficient (Wildman–Crippen LogP) is 5.59. The number of hydrogen-bond acceptors (Lipinski definition) is 4. The Hall–Kier alpha value is -2.90. The quantitative estimate of drug-likeness (QED) is 0.371. The number of carbonyl (C=O) groups excluding carboxylic acids is 2. The zero-order chi connectivity index (χ0) is 25.5. The summed E-state index contributed by atoms with van der Waals surface area (Å²) in [6.45, 7) is 1.45. The molecule has 1 aromatic heterocycles. The number of furan rings is 1. The summed E-state index contributed by atoms with van der Waals surface area (Å²) in [5, 5.41) is 5.97. The summed E-state index contributed by atoms with van der Waals surface area (Å²) >= 11 is 3.27. The lowest BCUT2D eigenvalue weighted by atomic mass is 9.93. The highest BCUT2D eigenvalue weighted by Gasteiger charge is 2.76. The Bertz CT molecular complexity index is 1160. The molecule has 0 spiro atoms. The van der Waals surface area contributed by atoms with E-state index in [0.29, 0.717) is 23.0 Å². The van der Waals surface area contributed by atoms with Crippen LogP contribution >= 0.6 is 15.9 Å². The number of alkyl halides is 7. The van der Waals surface area contributed by atoms with Crippen molar-refractivity contribution in [2.24, 2.45) is 5.10 Å². The second kappa shape index (κ2) is 9.04. The first kappa shape index (κ1) is 25.7. The van der Waals surface area contributed by atoms with E-state index in [0.717, 1.165) is 5.43 Å². The summed E-state index contributed by atoms with van der Waals surface area (Å²) < 4.78 is 96.3. The summed E-state index contributed by atoms with van der Waals surface area (Å²) in [5.41, 5.74) is 1.81. The van der Waals surface area contributed by atoms with Crippen molar-refractivity contribution < 1.29 is 44.7 Å². The average Bonchev–Trinajstić information content (AvgIpc) is 3.10. The van der Waals surface area contributed by atoms with Gasteiger partial charge in [0.25, 0.3) is 5.91 Å². The molecule has 2 N–H and O–H groups in total. The fourth-order valence-electron chi connectivity index (χ4n) is 3.25. The first-order chi connectivity index (χ1) is 15.7. The maximum atomic E-state index is 13.5. The third-order valence-corrected chi connectivity index (χ3v) is 5.67. The van der Waals surface area contributed by atoms with Gasteiger partial charge in [-0.25, -0.2) is 5.43 Å². The monoisotopic (exact) mass is 557 g/mol. The summed E-state index contributed by atoms with van der Waals surface area (Å²) in [5.74, 6) is -16.2. The Morgan fingerprint density at radius 1 is 1.06 bits per heavy atom. The molecule has 0 saturated carbocycles. The molecule has 34 heavy (non-hydrogen) atoms. The third kappa shape index (κ3) is 4.55. The Morgan fingerprint density at radius 3 is 2.32 bits per heavy atom. The normalized spacial score (nSPS) is 15.7. The Labute approximate surface area is 195 Å². The fourth-order valence-corrected chi connectivity index (χ4v) is 3.63. The fraction of sp³-hybridized carbons (Fsp3) is 0.350. The zero-order valence-electron chi connectivity index (χ0n) is 17.1. The molecule has 1 aromatic carbocycles. The standard InChI is InChI=1S/C20H15BrF7N3O3/c1-9-14-12(30-31-17(33)18(22,23)19(24,25)20(26,27)28)7-4-8-13(14)34-15(9)16(32)29-11-6-3-2-5-10(11)21/h2-3,5-6H,4,7-8H2,1H3,(H,29,32)(H,31,33)/b30-12+. The number of fused-ring (bicyclic) bond motifs is 1. The maximum absolute atomic E-state index is 13.5. The van der Waals surface area contributed by atoms with Crippen LogP contribution in [0.4, 0.5) is 36.4 Å². The smallest absolute Gasteiger partial charge is 0.455 e. The number of hydrazone groups is 1. The minimum Gasteiger partial charge on any atom is -0.455 e. The van der Waals surface area contributed by atoms with Crippen LogP contribution in [0, 0.1) is 6.92 Å². The van der Waals surface area contributed by atoms with Gasteiger partial charge in [-0.05, 0) is 47.8 Å². The number of aryl methyl sites for hydroxylation is 1. The molecule has 1 heterocycles. The number of amides is 2. The summed E-state index contributed by atoms with van der Waals surface area (Å²) in [6, 6.07) is 6.69. The first-order valence-corrected chi connectivity index (χ1v) is 10.4.